The molecule has 22 heavy (non-hydrogen) atoms. The standard InChI is InChI=1S/C17H14BrN3O/c1-12-16(11-19-14-7-5-6-13(18)10-14)17(22)21(20-12)15-8-3-2-4-9-15/h2-11,19-20H,1H2/b16-11-. The zero-order chi connectivity index (χ0) is 15.5. The van der Waals surface area contributed by atoms with Crippen LogP contribution in [0.4, 0.5) is 5.69 Å². The zero-order valence-electron chi connectivity index (χ0n) is 11.7. The summed E-state index contributed by atoms with van der Waals surface area (Å²) in [5, 5.41) is 7.18. The van der Waals surface area contributed by atoms with Gasteiger partial charge in [0.25, 0.3) is 5.56 Å². The van der Waals surface area contributed by atoms with Crippen LogP contribution < -0.4 is 21.4 Å². The highest BCUT2D eigenvalue weighted by Crippen LogP contribution is 2.15. The number of hydrogen-bond donors (Lipinski definition) is 2. The first-order valence-electron chi connectivity index (χ1n) is 6.73. The summed E-state index contributed by atoms with van der Waals surface area (Å²) < 4.78 is 2.45. The van der Waals surface area contributed by atoms with E-state index in [-0.39, 0.29) is 5.56 Å². The van der Waals surface area contributed by atoms with Crippen LogP contribution in [0.2, 0.25) is 0 Å². The lowest BCUT2D eigenvalue weighted by molar-refractivity contribution is 0.838. The predicted molar refractivity (Wildman–Crippen MR) is 93.4 cm³/mol. The largest absolute Gasteiger partial charge is 0.361 e. The minimum absolute atomic E-state index is 0.140. The van der Waals surface area contributed by atoms with Crippen LogP contribution in [0.3, 0.4) is 0 Å². The molecule has 0 bridgehead atoms. The van der Waals surface area contributed by atoms with Gasteiger partial charge in [0.1, 0.15) is 0 Å². The molecule has 4 nitrogen and oxygen atoms in total. The molecule has 110 valence electrons. The first kappa shape index (κ1) is 14.4. The molecular formula is C17H14BrN3O. The second-order valence-corrected chi connectivity index (χ2v) is 5.69. The lowest BCUT2D eigenvalue weighted by Crippen LogP contribution is -2.34. The van der Waals surface area contributed by atoms with Crippen LogP contribution in [0.1, 0.15) is 0 Å². The molecule has 0 radical (unpaired) electrons. The highest BCUT2D eigenvalue weighted by molar-refractivity contribution is 9.10. The van der Waals surface area contributed by atoms with E-state index in [0.717, 1.165) is 15.8 Å². The average Bonchev–Trinajstić information content (AvgIpc) is 2.81. The average molecular weight is 356 g/mol. The number of anilines is 1. The summed E-state index contributed by atoms with van der Waals surface area (Å²) in [6.45, 7) is 3.90. The molecule has 0 aliphatic heterocycles. The van der Waals surface area contributed by atoms with Gasteiger partial charge in [-0.3, -0.25) is 9.89 Å². The number of halogens is 1. The molecule has 1 aromatic heterocycles. The summed E-state index contributed by atoms with van der Waals surface area (Å²) in [4.78, 5) is 12.5. The van der Waals surface area contributed by atoms with Gasteiger partial charge in [-0.05, 0) is 30.3 Å². The Labute approximate surface area is 135 Å². The van der Waals surface area contributed by atoms with E-state index in [9.17, 15) is 4.79 Å². The quantitative estimate of drug-likeness (QED) is 0.756. The number of H-pyrrole nitrogens is 1. The van der Waals surface area contributed by atoms with Gasteiger partial charge >= 0.3 is 0 Å². The summed E-state index contributed by atoms with van der Waals surface area (Å²) in [6.07, 6.45) is 1.67. The van der Waals surface area contributed by atoms with E-state index in [1.807, 2.05) is 54.6 Å². The number of nitrogens with zero attached hydrogens (tertiary/aromatic N) is 1. The Morgan fingerprint density at radius 1 is 1.14 bits per heavy atom. The molecule has 2 N–H and O–H groups in total. The molecule has 3 aromatic rings. The monoisotopic (exact) mass is 355 g/mol. The fourth-order valence-corrected chi connectivity index (χ4v) is 2.54. The van der Waals surface area contributed by atoms with Gasteiger partial charge in [-0.2, -0.15) is 0 Å². The highest BCUT2D eigenvalue weighted by Gasteiger charge is 2.03. The van der Waals surface area contributed by atoms with Crippen molar-refractivity contribution in [3.05, 3.63) is 80.0 Å². The van der Waals surface area contributed by atoms with Gasteiger partial charge in [0.15, 0.2) is 0 Å². The van der Waals surface area contributed by atoms with Crippen molar-refractivity contribution >= 4 is 34.4 Å². The molecule has 0 spiro atoms. The summed E-state index contributed by atoms with van der Waals surface area (Å²) in [5.41, 5.74) is 1.53. The van der Waals surface area contributed by atoms with Crippen molar-refractivity contribution < 1.29 is 0 Å². The fourth-order valence-electron chi connectivity index (χ4n) is 2.14. The van der Waals surface area contributed by atoms with Crippen LogP contribution in [0, 0.1) is 0 Å². The number of nitrogens with one attached hydrogen (secondary N) is 2. The first-order chi connectivity index (χ1) is 10.6. The van der Waals surface area contributed by atoms with Crippen LogP contribution in [0.25, 0.3) is 18.5 Å². The van der Waals surface area contributed by atoms with Gasteiger partial charge in [0.2, 0.25) is 0 Å². The van der Waals surface area contributed by atoms with Crippen molar-refractivity contribution in [3.63, 3.8) is 0 Å². The third-order valence-electron chi connectivity index (χ3n) is 3.23. The number of hydrogen-bond acceptors (Lipinski definition) is 2. The SMILES string of the molecule is C=c1[nH]n(-c2ccccc2)c(=O)/c1=C\Nc1cccc(Br)c1. The number of benzene rings is 2. The molecule has 3 rings (SSSR count). The Morgan fingerprint density at radius 2 is 1.91 bits per heavy atom. The maximum atomic E-state index is 12.5. The molecule has 1 heterocycles. The van der Waals surface area contributed by atoms with Gasteiger partial charge < -0.3 is 5.32 Å². The summed E-state index contributed by atoms with van der Waals surface area (Å²) in [7, 11) is 0. The van der Waals surface area contributed by atoms with Gasteiger partial charge in [-0.15, -0.1) is 0 Å². The highest BCUT2D eigenvalue weighted by atomic mass is 79.9. The second-order valence-electron chi connectivity index (χ2n) is 4.78. The van der Waals surface area contributed by atoms with Crippen molar-refractivity contribution in [1.82, 2.24) is 9.78 Å². The summed E-state index contributed by atoms with van der Waals surface area (Å²) in [5.74, 6) is 0. The van der Waals surface area contributed by atoms with E-state index < -0.39 is 0 Å². The second kappa shape index (κ2) is 6.07. The third-order valence-corrected chi connectivity index (χ3v) is 3.72. The zero-order valence-corrected chi connectivity index (χ0v) is 13.3. The van der Waals surface area contributed by atoms with Crippen molar-refractivity contribution in [1.29, 1.82) is 0 Å². The Bertz CT molecular complexity index is 958. The van der Waals surface area contributed by atoms with Crippen LogP contribution in [-0.2, 0) is 0 Å². The molecule has 0 fully saturated rings. The topological polar surface area (TPSA) is 49.8 Å². The first-order valence-corrected chi connectivity index (χ1v) is 7.52. The van der Waals surface area contributed by atoms with E-state index in [2.05, 4.69) is 32.9 Å². The van der Waals surface area contributed by atoms with Crippen LogP contribution in [-0.4, -0.2) is 9.78 Å². The van der Waals surface area contributed by atoms with Crippen molar-refractivity contribution in [2.75, 3.05) is 5.32 Å². The summed E-state index contributed by atoms with van der Waals surface area (Å²) in [6, 6.07) is 17.1. The van der Waals surface area contributed by atoms with Gasteiger partial charge in [0.05, 0.1) is 16.3 Å². The Kier molecular flexibility index (Phi) is 3.98. The van der Waals surface area contributed by atoms with Gasteiger partial charge in [0, 0.05) is 16.4 Å². The molecule has 0 unspecified atom stereocenters. The Balaban J connectivity index is 2.02. The minimum atomic E-state index is -0.140. The van der Waals surface area contributed by atoms with Gasteiger partial charge in [-0.1, -0.05) is 46.8 Å². The molecule has 0 aliphatic rings. The summed E-state index contributed by atoms with van der Waals surface area (Å²) >= 11 is 3.41. The minimum Gasteiger partial charge on any atom is -0.361 e. The molecule has 5 heteroatoms. The van der Waals surface area contributed by atoms with E-state index in [1.165, 1.54) is 4.68 Å². The molecule has 0 saturated heterocycles. The predicted octanol–water partition coefficient (Wildman–Crippen LogP) is 2.19. The lowest BCUT2D eigenvalue weighted by atomic mass is 10.3. The molecule has 0 atom stereocenters. The normalized spacial score (nSPS) is 11.6. The van der Waals surface area contributed by atoms with Crippen molar-refractivity contribution in [2.24, 2.45) is 0 Å². The van der Waals surface area contributed by atoms with Crippen LogP contribution in [0.5, 0.6) is 0 Å². The molecular weight excluding hydrogens is 342 g/mol. The molecule has 0 saturated carbocycles. The smallest absolute Gasteiger partial charge is 0.280 e. The van der Waals surface area contributed by atoms with Gasteiger partial charge in [-0.25, -0.2) is 4.68 Å². The van der Waals surface area contributed by atoms with Crippen molar-refractivity contribution in [3.8, 4) is 5.69 Å². The maximum Gasteiger partial charge on any atom is 0.280 e. The molecule has 2 aromatic carbocycles. The third kappa shape index (κ3) is 2.89. The van der Waals surface area contributed by atoms with E-state index in [1.54, 1.807) is 6.20 Å². The molecule has 0 amide bonds. The Hall–Kier alpha value is -2.53. The van der Waals surface area contributed by atoms with E-state index in [0.29, 0.717) is 10.6 Å². The maximum absolute atomic E-state index is 12.5. The Morgan fingerprint density at radius 3 is 2.64 bits per heavy atom. The van der Waals surface area contributed by atoms with Crippen LogP contribution >= 0.6 is 15.9 Å². The fraction of sp³-hybridized carbons (Fsp3) is 0. The number of rotatable bonds is 3. The number of aromatic nitrogens is 2. The van der Waals surface area contributed by atoms with Crippen LogP contribution in [0.15, 0.2) is 63.9 Å². The molecule has 0 aliphatic carbocycles. The number of aromatic amines is 1. The number of para-hydroxylation sites is 1. The van der Waals surface area contributed by atoms with Crippen molar-refractivity contribution in [2.45, 2.75) is 0 Å². The van der Waals surface area contributed by atoms with E-state index in [4.69, 9.17) is 0 Å². The lowest BCUT2D eigenvalue weighted by Gasteiger charge is -2.00. The van der Waals surface area contributed by atoms with E-state index >= 15 is 0 Å².